The van der Waals surface area contributed by atoms with Gasteiger partial charge in [-0.1, -0.05) is 0 Å². The van der Waals surface area contributed by atoms with E-state index in [-0.39, 0.29) is 0 Å². The number of aliphatic hydroxyl groups is 4. The van der Waals surface area contributed by atoms with Gasteiger partial charge in [0.25, 0.3) is 0 Å². The van der Waals surface area contributed by atoms with Gasteiger partial charge in [0.1, 0.15) is 24.4 Å². The number of ether oxygens (including phenoxy) is 2. The number of hydrogen-bond acceptors (Lipinski definition) is 6. The van der Waals surface area contributed by atoms with Crippen molar-refractivity contribution < 1.29 is 29.9 Å². The van der Waals surface area contributed by atoms with E-state index in [4.69, 9.17) is 26.2 Å². The van der Waals surface area contributed by atoms with Crippen LogP contribution in [0, 0.1) is 0 Å². The summed E-state index contributed by atoms with van der Waals surface area (Å²) in [7, 11) is 0. The van der Waals surface area contributed by atoms with Gasteiger partial charge in [0.15, 0.2) is 6.29 Å². The first-order valence-electron chi connectivity index (χ1n) is 5.60. The second kappa shape index (κ2) is 7.48. The second-order valence-corrected chi connectivity index (χ2v) is 4.34. The minimum absolute atomic E-state index is 0.316. The highest BCUT2D eigenvalue weighted by Gasteiger charge is 2.44. The monoisotopic (exact) mass is 270 g/mol. The van der Waals surface area contributed by atoms with E-state index in [1.807, 2.05) is 0 Å². The van der Waals surface area contributed by atoms with E-state index in [9.17, 15) is 15.3 Å². The van der Waals surface area contributed by atoms with Crippen LogP contribution in [0.15, 0.2) is 0 Å². The molecule has 0 aromatic carbocycles. The molecule has 1 fully saturated rings. The molecule has 0 aromatic heterocycles. The van der Waals surface area contributed by atoms with E-state index in [0.29, 0.717) is 18.9 Å². The van der Waals surface area contributed by atoms with E-state index in [1.165, 1.54) is 0 Å². The molecule has 0 aliphatic carbocycles. The minimum Gasteiger partial charge on any atom is -0.394 e. The summed E-state index contributed by atoms with van der Waals surface area (Å²) in [5, 5.41) is 37.7. The van der Waals surface area contributed by atoms with Gasteiger partial charge in [-0.2, -0.15) is 0 Å². The lowest BCUT2D eigenvalue weighted by atomic mass is 9.99. The van der Waals surface area contributed by atoms with Crippen molar-refractivity contribution in [2.75, 3.05) is 19.1 Å². The summed E-state index contributed by atoms with van der Waals surface area (Å²) < 4.78 is 10.1. The molecule has 7 heteroatoms. The first-order valence-corrected chi connectivity index (χ1v) is 6.13. The highest BCUT2D eigenvalue weighted by atomic mass is 35.5. The van der Waals surface area contributed by atoms with Crippen molar-refractivity contribution in [3.63, 3.8) is 0 Å². The first-order chi connectivity index (χ1) is 8.11. The Morgan fingerprint density at radius 1 is 1.12 bits per heavy atom. The van der Waals surface area contributed by atoms with Crippen LogP contribution in [0.2, 0.25) is 0 Å². The van der Waals surface area contributed by atoms with Crippen LogP contribution < -0.4 is 0 Å². The number of unbranched alkanes of at least 4 members (excludes halogenated alkanes) is 1. The first kappa shape index (κ1) is 15.1. The quantitative estimate of drug-likeness (QED) is 0.358. The molecular formula is C10H19ClO6. The highest BCUT2D eigenvalue weighted by molar-refractivity contribution is 6.17. The van der Waals surface area contributed by atoms with E-state index < -0.39 is 37.3 Å². The summed E-state index contributed by atoms with van der Waals surface area (Å²) in [4.78, 5) is 0. The van der Waals surface area contributed by atoms with Gasteiger partial charge in [-0.3, -0.25) is 0 Å². The van der Waals surface area contributed by atoms with Crippen molar-refractivity contribution in [1.82, 2.24) is 0 Å². The van der Waals surface area contributed by atoms with Gasteiger partial charge in [-0.05, 0) is 12.8 Å². The fourth-order valence-corrected chi connectivity index (χ4v) is 1.87. The summed E-state index contributed by atoms with van der Waals surface area (Å²) in [6, 6.07) is 0. The van der Waals surface area contributed by atoms with Gasteiger partial charge in [-0.15, -0.1) is 11.6 Å². The molecule has 4 N–H and O–H groups in total. The molecule has 0 unspecified atom stereocenters. The Morgan fingerprint density at radius 2 is 1.82 bits per heavy atom. The fraction of sp³-hybridized carbons (Fsp3) is 1.00. The smallest absolute Gasteiger partial charge is 0.184 e. The lowest BCUT2D eigenvalue weighted by molar-refractivity contribution is -0.294. The molecule has 1 heterocycles. The lowest BCUT2D eigenvalue weighted by Crippen LogP contribution is -2.59. The Labute approximate surface area is 105 Å². The Hall–Kier alpha value is 0.0500. The zero-order valence-electron chi connectivity index (χ0n) is 9.41. The highest BCUT2D eigenvalue weighted by Crippen LogP contribution is 2.22. The van der Waals surface area contributed by atoms with Crippen molar-refractivity contribution in [3.05, 3.63) is 0 Å². The molecule has 102 valence electrons. The van der Waals surface area contributed by atoms with Crippen molar-refractivity contribution in [1.29, 1.82) is 0 Å². The molecule has 5 atom stereocenters. The lowest BCUT2D eigenvalue weighted by Gasteiger charge is -2.39. The molecule has 0 aromatic rings. The van der Waals surface area contributed by atoms with Gasteiger partial charge in [-0.25, -0.2) is 0 Å². The SMILES string of the molecule is OC[C@H]1O[C@@H](O)[C@H](O)[C@@H](OCCCCCl)[C@@H]1O. The van der Waals surface area contributed by atoms with Gasteiger partial charge in [0.05, 0.1) is 6.61 Å². The molecule has 6 nitrogen and oxygen atoms in total. The molecule has 1 aliphatic rings. The van der Waals surface area contributed by atoms with E-state index in [2.05, 4.69) is 0 Å². The minimum atomic E-state index is -1.46. The Balaban J connectivity index is 2.47. The molecule has 0 saturated carbocycles. The van der Waals surface area contributed by atoms with E-state index in [1.54, 1.807) is 0 Å². The number of alkyl halides is 1. The van der Waals surface area contributed by atoms with E-state index in [0.717, 1.165) is 6.42 Å². The Morgan fingerprint density at radius 3 is 2.41 bits per heavy atom. The molecule has 0 amide bonds. The molecule has 0 bridgehead atoms. The molecule has 1 saturated heterocycles. The average molecular weight is 271 g/mol. The van der Waals surface area contributed by atoms with Crippen LogP contribution in [-0.4, -0.2) is 70.2 Å². The normalized spacial score (nSPS) is 38.3. The third kappa shape index (κ3) is 4.03. The van der Waals surface area contributed by atoms with Gasteiger partial charge in [0.2, 0.25) is 0 Å². The zero-order valence-corrected chi connectivity index (χ0v) is 10.2. The van der Waals surface area contributed by atoms with Gasteiger partial charge < -0.3 is 29.9 Å². The van der Waals surface area contributed by atoms with Crippen molar-refractivity contribution in [2.24, 2.45) is 0 Å². The van der Waals surface area contributed by atoms with Crippen LogP contribution in [0.25, 0.3) is 0 Å². The summed E-state index contributed by atoms with van der Waals surface area (Å²) in [5.41, 5.74) is 0. The average Bonchev–Trinajstić information content (AvgIpc) is 2.33. The van der Waals surface area contributed by atoms with Crippen molar-refractivity contribution >= 4 is 11.6 Å². The Bertz CT molecular complexity index is 217. The predicted octanol–water partition coefficient (Wildman–Crippen LogP) is -1.18. The van der Waals surface area contributed by atoms with Crippen LogP contribution in [0.3, 0.4) is 0 Å². The van der Waals surface area contributed by atoms with Crippen molar-refractivity contribution in [3.8, 4) is 0 Å². The maximum absolute atomic E-state index is 9.77. The largest absolute Gasteiger partial charge is 0.394 e. The van der Waals surface area contributed by atoms with E-state index >= 15 is 0 Å². The topological polar surface area (TPSA) is 99.4 Å². The van der Waals surface area contributed by atoms with Gasteiger partial charge >= 0.3 is 0 Å². The maximum Gasteiger partial charge on any atom is 0.184 e. The van der Waals surface area contributed by atoms with Gasteiger partial charge in [0, 0.05) is 12.5 Å². The summed E-state index contributed by atoms with van der Waals surface area (Å²) in [5.74, 6) is 0.518. The van der Waals surface area contributed by atoms with Crippen LogP contribution in [-0.2, 0) is 9.47 Å². The number of rotatable bonds is 6. The zero-order chi connectivity index (χ0) is 12.8. The van der Waals surface area contributed by atoms with Crippen LogP contribution in [0.1, 0.15) is 12.8 Å². The standard InChI is InChI=1S/C10H19ClO6/c11-3-1-2-4-16-9-7(13)6(5-12)17-10(15)8(9)14/h6-10,12-15H,1-5H2/t6-,7-,8-,9+,10-/m1/s1. The Kier molecular flexibility index (Phi) is 6.65. The fourth-order valence-electron chi connectivity index (χ4n) is 1.68. The van der Waals surface area contributed by atoms with Crippen molar-refractivity contribution in [2.45, 2.75) is 43.5 Å². The molecule has 1 aliphatic heterocycles. The number of hydrogen-bond donors (Lipinski definition) is 4. The third-order valence-electron chi connectivity index (χ3n) is 2.68. The summed E-state index contributed by atoms with van der Waals surface area (Å²) in [6.07, 6.45) is -4.42. The predicted molar refractivity (Wildman–Crippen MR) is 59.7 cm³/mol. The summed E-state index contributed by atoms with van der Waals surface area (Å²) in [6.45, 7) is -0.136. The molecule has 17 heavy (non-hydrogen) atoms. The number of aliphatic hydroxyl groups excluding tert-OH is 4. The molecule has 0 radical (unpaired) electrons. The summed E-state index contributed by atoms with van der Waals surface area (Å²) >= 11 is 5.50. The molecule has 1 rings (SSSR count). The maximum atomic E-state index is 9.77. The molecular weight excluding hydrogens is 252 g/mol. The van der Waals surface area contributed by atoms with Crippen LogP contribution in [0.4, 0.5) is 0 Å². The number of halogens is 1. The van der Waals surface area contributed by atoms with Crippen LogP contribution in [0.5, 0.6) is 0 Å². The third-order valence-corrected chi connectivity index (χ3v) is 2.95. The molecule has 0 spiro atoms. The van der Waals surface area contributed by atoms with Crippen LogP contribution >= 0.6 is 11.6 Å². The second-order valence-electron chi connectivity index (χ2n) is 3.96.